The number of ketones is 1. The predicted octanol–water partition coefficient (Wildman–Crippen LogP) is 2.78. The van der Waals surface area contributed by atoms with Gasteiger partial charge in [0.15, 0.2) is 11.5 Å². The van der Waals surface area contributed by atoms with Crippen LogP contribution in [0.3, 0.4) is 0 Å². The Balaban J connectivity index is 3.04. The van der Waals surface area contributed by atoms with Gasteiger partial charge in [-0.1, -0.05) is 6.92 Å². The molecule has 0 aromatic heterocycles. The molecule has 1 atom stereocenters. The highest BCUT2D eigenvalue weighted by molar-refractivity contribution is 5.78. The molecule has 1 aromatic carbocycles. The predicted molar refractivity (Wildman–Crippen MR) is 67.8 cm³/mol. The normalized spacial score (nSPS) is 12.1. The van der Waals surface area contributed by atoms with Gasteiger partial charge < -0.3 is 9.47 Å². The Morgan fingerprint density at radius 2 is 1.76 bits per heavy atom. The van der Waals surface area contributed by atoms with E-state index in [1.165, 1.54) is 0 Å². The van der Waals surface area contributed by atoms with Crippen molar-refractivity contribution in [1.29, 1.82) is 0 Å². The van der Waals surface area contributed by atoms with E-state index in [4.69, 9.17) is 9.47 Å². The summed E-state index contributed by atoms with van der Waals surface area (Å²) in [7, 11) is 3.24. The average molecular weight is 236 g/mol. The van der Waals surface area contributed by atoms with E-state index in [0.717, 1.165) is 23.3 Å². The maximum absolute atomic E-state index is 11.3. The van der Waals surface area contributed by atoms with Gasteiger partial charge >= 0.3 is 0 Å². The van der Waals surface area contributed by atoms with Gasteiger partial charge in [-0.15, -0.1) is 0 Å². The molecule has 0 saturated carbocycles. The SMILES string of the molecule is COc1cc(C)c(CC(C)C(C)=O)cc1OC. The molecule has 0 heterocycles. The van der Waals surface area contributed by atoms with Crippen molar-refractivity contribution in [2.24, 2.45) is 5.92 Å². The van der Waals surface area contributed by atoms with E-state index in [1.54, 1.807) is 21.1 Å². The fourth-order valence-corrected chi connectivity index (χ4v) is 1.72. The highest BCUT2D eigenvalue weighted by Crippen LogP contribution is 2.31. The molecule has 0 aliphatic carbocycles. The van der Waals surface area contributed by atoms with Crippen molar-refractivity contribution in [1.82, 2.24) is 0 Å². The van der Waals surface area contributed by atoms with Gasteiger partial charge in [0.1, 0.15) is 5.78 Å². The number of carbonyl (C=O) groups is 1. The number of hydrogen-bond donors (Lipinski definition) is 0. The summed E-state index contributed by atoms with van der Waals surface area (Å²) in [5.41, 5.74) is 2.25. The molecule has 0 aliphatic heterocycles. The van der Waals surface area contributed by atoms with Crippen molar-refractivity contribution >= 4 is 5.78 Å². The zero-order valence-corrected chi connectivity index (χ0v) is 11.2. The van der Waals surface area contributed by atoms with Crippen LogP contribution in [0.2, 0.25) is 0 Å². The summed E-state index contributed by atoms with van der Waals surface area (Å²) < 4.78 is 10.5. The van der Waals surface area contributed by atoms with Crippen molar-refractivity contribution in [3.63, 3.8) is 0 Å². The molecule has 1 unspecified atom stereocenters. The molecule has 1 aromatic rings. The van der Waals surface area contributed by atoms with Gasteiger partial charge in [0.2, 0.25) is 0 Å². The van der Waals surface area contributed by atoms with Crippen molar-refractivity contribution in [3.05, 3.63) is 23.3 Å². The summed E-state index contributed by atoms with van der Waals surface area (Å²) in [6.45, 7) is 5.59. The second kappa shape index (κ2) is 5.71. The summed E-state index contributed by atoms with van der Waals surface area (Å²) in [5, 5.41) is 0. The second-order valence-electron chi connectivity index (χ2n) is 4.35. The van der Waals surface area contributed by atoms with Crippen LogP contribution in [-0.2, 0) is 11.2 Å². The van der Waals surface area contributed by atoms with E-state index < -0.39 is 0 Å². The maximum atomic E-state index is 11.3. The zero-order valence-electron chi connectivity index (χ0n) is 11.2. The van der Waals surface area contributed by atoms with Gasteiger partial charge in [-0.25, -0.2) is 0 Å². The Morgan fingerprint density at radius 3 is 2.24 bits per heavy atom. The van der Waals surface area contributed by atoms with E-state index in [9.17, 15) is 4.79 Å². The summed E-state index contributed by atoms with van der Waals surface area (Å²) in [6, 6.07) is 3.90. The van der Waals surface area contributed by atoms with E-state index in [1.807, 2.05) is 26.0 Å². The third kappa shape index (κ3) is 3.22. The minimum absolute atomic E-state index is 0.0341. The molecule has 0 amide bonds. The molecule has 94 valence electrons. The van der Waals surface area contributed by atoms with Crippen LogP contribution in [0, 0.1) is 12.8 Å². The van der Waals surface area contributed by atoms with Gasteiger partial charge in [0.25, 0.3) is 0 Å². The fraction of sp³-hybridized carbons (Fsp3) is 0.500. The third-order valence-corrected chi connectivity index (χ3v) is 3.06. The van der Waals surface area contributed by atoms with E-state index in [0.29, 0.717) is 5.75 Å². The van der Waals surface area contributed by atoms with Crippen LogP contribution >= 0.6 is 0 Å². The monoisotopic (exact) mass is 236 g/mol. The summed E-state index contributed by atoms with van der Waals surface area (Å²) in [5.74, 6) is 1.68. The number of Topliss-reactive ketones (excluding diaryl/α,β-unsaturated/α-hetero) is 1. The minimum atomic E-state index is 0.0341. The first-order chi connectivity index (χ1) is 7.99. The number of methoxy groups -OCH3 is 2. The van der Waals surface area contributed by atoms with Crippen LogP contribution in [0.4, 0.5) is 0 Å². The summed E-state index contributed by atoms with van der Waals surface area (Å²) in [6.07, 6.45) is 0.738. The lowest BCUT2D eigenvalue weighted by molar-refractivity contribution is -0.120. The molecule has 1 rings (SSSR count). The van der Waals surface area contributed by atoms with Gasteiger partial charge in [-0.05, 0) is 43.5 Å². The number of benzene rings is 1. The molecule has 0 radical (unpaired) electrons. The molecule has 0 saturated heterocycles. The third-order valence-electron chi connectivity index (χ3n) is 3.06. The Hall–Kier alpha value is -1.51. The molecule has 17 heavy (non-hydrogen) atoms. The molecule has 0 N–H and O–H groups in total. The number of ether oxygens (including phenoxy) is 2. The Morgan fingerprint density at radius 1 is 1.24 bits per heavy atom. The van der Waals surface area contributed by atoms with E-state index in [2.05, 4.69) is 0 Å². The lowest BCUT2D eigenvalue weighted by Crippen LogP contribution is -2.10. The molecule has 0 aliphatic rings. The molecule has 3 heteroatoms. The highest BCUT2D eigenvalue weighted by Gasteiger charge is 2.13. The van der Waals surface area contributed by atoms with Crippen molar-refractivity contribution < 1.29 is 14.3 Å². The molecule has 0 spiro atoms. The largest absolute Gasteiger partial charge is 0.493 e. The highest BCUT2D eigenvalue weighted by atomic mass is 16.5. The lowest BCUT2D eigenvalue weighted by atomic mass is 9.94. The van der Waals surface area contributed by atoms with Gasteiger partial charge in [0.05, 0.1) is 14.2 Å². The number of aryl methyl sites for hydroxylation is 1. The molecular weight excluding hydrogens is 216 g/mol. The molecule has 0 bridgehead atoms. The smallest absolute Gasteiger partial charge is 0.161 e. The number of rotatable bonds is 5. The maximum Gasteiger partial charge on any atom is 0.161 e. The molecule has 0 fully saturated rings. The second-order valence-corrected chi connectivity index (χ2v) is 4.35. The minimum Gasteiger partial charge on any atom is -0.493 e. The van der Waals surface area contributed by atoms with Gasteiger partial charge in [-0.3, -0.25) is 4.79 Å². The van der Waals surface area contributed by atoms with Crippen LogP contribution < -0.4 is 9.47 Å². The first-order valence-corrected chi connectivity index (χ1v) is 5.71. The Bertz CT molecular complexity index is 410. The standard InChI is InChI=1S/C14H20O3/c1-9(11(3)15)6-12-8-14(17-5)13(16-4)7-10(12)2/h7-9H,6H2,1-5H3. The van der Waals surface area contributed by atoms with Gasteiger partial charge in [-0.2, -0.15) is 0 Å². The number of hydrogen-bond acceptors (Lipinski definition) is 3. The molecular formula is C14H20O3. The lowest BCUT2D eigenvalue weighted by Gasteiger charge is -2.14. The Labute approximate surface area is 103 Å². The van der Waals surface area contributed by atoms with Crippen LogP contribution in [-0.4, -0.2) is 20.0 Å². The summed E-state index contributed by atoms with van der Waals surface area (Å²) in [4.78, 5) is 11.3. The zero-order chi connectivity index (χ0) is 13.0. The van der Waals surface area contributed by atoms with Gasteiger partial charge in [0, 0.05) is 5.92 Å². The van der Waals surface area contributed by atoms with Crippen LogP contribution in [0.15, 0.2) is 12.1 Å². The molecule has 3 nitrogen and oxygen atoms in total. The first kappa shape index (κ1) is 13.6. The fourth-order valence-electron chi connectivity index (χ4n) is 1.72. The topological polar surface area (TPSA) is 35.5 Å². The van der Waals surface area contributed by atoms with Crippen molar-refractivity contribution in [2.75, 3.05) is 14.2 Å². The van der Waals surface area contributed by atoms with Crippen LogP contribution in [0.1, 0.15) is 25.0 Å². The van der Waals surface area contributed by atoms with Crippen molar-refractivity contribution in [3.8, 4) is 11.5 Å². The van der Waals surface area contributed by atoms with Crippen molar-refractivity contribution in [2.45, 2.75) is 27.2 Å². The first-order valence-electron chi connectivity index (χ1n) is 5.71. The van der Waals surface area contributed by atoms with E-state index in [-0.39, 0.29) is 11.7 Å². The summed E-state index contributed by atoms with van der Waals surface area (Å²) >= 11 is 0. The van der Waals surface area contributed by atoms with E-state index >= 15 is 0 Å². The number of carbonyl (C=O) groups excluding carboxylic acids is 1. The van der Waals surface area contributed by atoms with Crippen LogP contribution in [0.25, 0.3) is 0 Å². The van der Waals surface area contributed by atoms with Crippen LogP contribution in [0.5, 0.6) is 11.5 Å². The average Bonchev–Trinajstić information content (AvgIpc) is 2.30. The quantitative estimate of drug-likeness (QED) is 0.788. The Kier molecular flexibility index (Phi) is 4.55.